The number of benzene rings is 1. The predicted molar refractivity (Wildman–Crippen MR) is 120 cm³/mol. The van der Waals surface area contributed by atoms with E-state index in [1.54, 1.807) is 6.20 Å². The molecule has 7 nitrogen and oxygen atoms in total. The molecule has 0 saturated carbocycles. The molecule has 0 aliphatic carbocycles. The van der Waals surface area contributed by atoms with Crippen LogP contribution in [0, 0.1) is 0 Å². The van der Waals surface area contributed by atoms with Gasteiger partial charge in [0.15, 0.2) is 5.96 Å². The second kappa shape index (κ2) is 12.1. The van der Waals surface area contributed by atoms with E-state index in [9.17, 15) is 0 Å². The van der Waals surface area contributed by atoms with Crippen molar-refractivity contribution in [2.75, 3.05) is 40.0 Å². The molecule has 162 valence electrons. The third kappa shape index (κ3) is 7.65. The molecule has 3 N–H and O–H groups in total. The van der Waals surface area contributed by atoms with Crippen LogP contribution in [-0.2, 0) is 17.7 Å². The van der Waals surface area contributed by atoms with Crippen LogP contribution in [0.15, 0.2) is 53.7 Å². The zero-order valence-corrected chi connectivity index (χ0v) is 17.8. The number of aromatic nitrogens is 1. The van der Waals surface area contributed by atoms with Crippen LogP contribution >= 0.6 is 0 Å². The maximum absolute atomic E-state index is 5.98. The van der Waals surface area contributed by atoms with Crippen molar-refractivity contribution >= 4 is 5.96 Å². The molecule has 0 unspecified atom stereocenters. The van der Waals surface area contributed by atoms with Gasteiger partial charge in [0.2, 0.25) is 0 Å². The minimum Gasteiger partial charge on any atom is -0.492 e. The van der Waals surface area contributed by atoms with Crippen molar-refractivity contribution in [1.29, 1.82) is 0 Å². The number of ether oxygens (including phenoxy) is 2. The molecule has 1 aromatic carbocycles. The average molecular weight is 412 g/mol. The average Bonchev–Trinajstić information content (AvgIpc) is 2.79. The summed E-state index contributed by atoms with van der Waals surface area (Å²) in [7, 11) is 2.16. The Morgan fingerprint density at radius 1 is 1.27 bits per heavy atom. The number of likely N-dealkylation sites (N-methyl/N-ethyl adjacent to an activating group) is 1. The lowest BCUT2D eigenvalue weighted by Gasteiger charge is -2.31. The summed E-state index contributed by atoms with van der Waals surface area (Å²) in [4.78, 5) is 11.1. The molecule has 0 amide bonds. The first-order chi connectivity index (χ1) is 14.7. The normalized spacial score (nSPS) is 15.3. The van der Waals surface area contributed by atoms with Crippen LogP contribution in [0.25, 0.3) is 0 Å². The lowest BCUT2D eigenvalue weighted by molar-refractivity contribution is 0.0392. The van der Waals surface area contributed by atoms with Gasteiger partial charge in [-0.1, -0.05) is 18.2 Å². The minimum absolute atomic E-state index is 0.440. The fraction of sp³-hybridized carbons (Fsp3) is 0.478. The van der Waals surface area contributed by atoms with Crippen LogP contribution < -0.4 is 15.8 Å². The molecule has 0 radical (unpaired) electrons. The van der Waals surface area contributed by atoms with Gasteiger partial charge in [-0.15, -0.1) is 0 Å². The van der Waals surface area contributed by atoms with Gasteiger partial charge >= 0.3 is 0 Å². The molecular weight excluding hydrogens is 378 g/mol. The maximum Gasteiger partial charge on any atom is 0.188 e. The van der Waals surface area contributed by atoms with Gasteiger partial charge in [-0.2, -0.15) is 0 Å². The lowest BCUT2D eigenvalue weighted by atomic mass is 10.1. The van der Waals surface area contributed by atoms with Crippen molar-refractivity contribution in [2.45, 2.75) is 31.8 Å². The van der Waals surface area contributed by atoms with Crippen LogP contribution in [0.3, 0.4) is 0 Å². The molecule has 1 aliphatic heterocycles. The lowest BCUT2D eigenvalue weighted by Crippen LogP contribution is -2.38. The number of hydrogen-bond donors (Lipinski definition) is 2. The van der Waals surface area contributed by atoms with Crippen molar-refractivity contribution in [3.63, 3.8) is 0 Å². The van der Waals surface area contributed by atoms with Gasteiger partial charge in [0.1, 0.15) is 12.4 Å². The van der Waals surface area contributed by atoms with Gasteiger partial charge in [-0.3, -0.25) is 9.88 Å². The van der Waals surface area contributed by atoms with Gasteiger partial charge in [-0.05, 0) is 49.7 Å². The Labute approximate surface area is 179 Å². The van der Waals surface area contributed by atoms with Gasteiger partial charge < -0.3 is 20.5 Å². The van der Waals surface area contributed by atoms with Crippen molar-refractivity contribution in [3.8, 4) is 5.75 Å². The van der Waals surface area contributed by atoms with E-state index in [2.05, 4.69) is 27.2 Å². The molecule has 3 rings (SSSR count). The summed E-state index contributed by atoms with van der Waals surface area (Å²) >= 11 is 0. The summed E-state index contributed by atoms with van der Waals surface area (Å²) in [5, 5.41) is 3.14. The first-order valence-corrected chi connectivity index (χ1v) is 10.6. The SMILES string of the molecule is CN(CCOc1cccc(CN=C(N)NCCc2ccccn2)c1)C1CCOCC1. The molecule has 7 heteroatoms. The van der Waals surface area contributed by atoms with E-state index in [1.807, 2.05) is 42.5 Å². The van der Waals surface area contributed by atoms with Crippen LogP contribution in [0.2, 0.25) is 0 Å². The number of aliphatic imine (C=N–C) groups is 1. The smallest absolute Gasteiger partial charge is 0.188 e. The van der Waals surface area contributed by atoms with E-state index in [-0.39, 0.29) is 0 Å². The molecule has 1 aliphatic rings. The van der Waals surface area contributed by atoms with Gasteiger partial charge in [0.05, 0.1) is 6.54 Å². The van der Waals surface area contributed by atoms with Gasteiger partial charge in [0.25, 0.3) is 0 Å². The first-order valence-electron chi connectivity index (χ1n) is 10.6. The molecule has 0 spiro atoms. The minimum atomic E-state index is 0.440. The van der Waals surface area contributed by atoms with E-state index < -0.39 is 0 Å². The number of nitrogens with zero attached hydrogens (tertiary/aromatic N) is 3. The monoisotopic (exact) mass is 411 g/mol. The summed E-state index contributed by atoms with van der Waals surface area (Å²) in [6.07, 6.45) is 4.80. The topological polar surface area (TPSA) is 85.0 Å². The summed E-state index contributed by atoms with van der Waals surface area (Å²) in [6, 6.07) is 14.5. The number of nitrogens with two attached hydrogens (primary N) is 1. The molecule has 2 aromatic rings. The predicted octanol–water partition coefficient (Wildman–Crippen LogP) is 2.22. The number of nitrogens with one attached hydrogen (secondary N) is 1. The van der Waals surface area contributed by atoms with Crippen LogP contribution in [-0.4, -0.2) is 61.8 Å². The molecular formula is C23H33N5O2. The van der Waals surface area contributed by atoms with E-state index in [0.717, 1.165) is 56.0 Å². The second-order valence-electron chi connectivity index (χ2n) is 7.52. The molecule has 1 fully saturated rings. The largest absolute Gasteiger partial charge is 0.492 e. The van der Waals surface area contributed by atoms with E-state index >= 15 is 0 Å². The molecule has 1 saturated heterocycles. The second-order valence-corrected chi connectivity index (χ2v) is 7.52. The Hall–Kier alpha value is -2.64. The highest BCUT2D eigenvalue weighted by atomic mass is 16.5. The van der Waals surface area contributed by atoms with Crippen LogP contribution in [0.1, 0.15) is 24.1 Å². The van der Waals surface area contributed by atoms with E-state index in [4.69, 9.17) is 15.2 Å². The van der Waals surface area contributed by atoms with Crippen LogP contribution in [0.5, 0.6) is 5.75 Å². The van der Waals surface area contributed by atoms with Crippen molar-refractivity contribution in [1.82, 2.24) is 15.2 Å². The third-order valence-electron chi connectivity index (χ3n) is 5.27. The Morgan fingerprint density at radius 3 is 2.93 bits per heavy atom. The Bertz CT molecular complexity index is 778. The first kappa shape index (κ1) is 22.1. The Balaban J connectivity index is 1.38. The molecule has 0 atom stereocenters. The summed E-state index contributed by atoms with van der Waals surface area (Å²) < 4.78 is 11.4. The molecule has 0 bridgehead atoms. The third-order valence-corrected chi connectivity index (χ3v) is 5.27. The van der Waals surface area contributed by atoms with Crippen molar-refractivity contribution in [3.05, 3.63) is 59.9 Å². The zero-order valence-electron chi connectivity index (χ0n) is 17.8. The van der Waals surface area contributed by atoms with E-state index in [1.165, 1.54) is 0 Å². The highest BCUT2D eigenvalue weighted by Crippen LogP contribution is 2.15. The molecule has 2 heterocycles. The summed E-state index contributed by atoms with van der Waals surface area (Å²) in [6.45, 7) is 4.51. The highest BCUT2D eigenvalue weighted by molar-refractivity contribution is 5.77. The molecule has 1 aromatic heterocycles. The number of pyridine rings is 1. The zero-order chi connectivity index (χ0) is 21.0. The van der Waals surface area contributed by atoms with Crippen LogP contribution in [0.4, 0.5) is 0 Å². The van der Waals surface area contributed by atoms with Gasteiger partial charge in [0, 0.05) is 50.7 Å². The number of rotatable bonds is 10. The Morgan fingerprint density at radius 2 is 2.13 bits per heavy atom. The molecule has 30 heavy (non-hydrogen) atoms. The maximum atomic E-state index is 5.98. The number of hydrogen-bond acceptors (Lipinski definition) is 5. The van der Waals surface area contributed by atoms with Gasteiger partial charge in [-0.25, -0.2) is 4.99 Å². The summed E-state index contributed by atoms with van der Waals surface area (Å²) in [5.74, 6) is 1.31. The summed E-state index contributed by atoms with van der Waals surface area (Å²) in [5.41, 5.74) is 8.08. The van der Waals surface area contributed by atoms with Crippen molar-refractivity contribution in [2.24, 2.45) is 10.7 Å². The Kier molecular flexibility index (Phi) is 8.93. The van der Waals surface area contributed by atoms with E-state index in [0.29, 0.717) is 31.7 Å². The fourth-order valence-electron chi connectivity index (χ4n) is 3.45. The quantitative estimate of drug-likeness (QED) is 0.461. The highest BCUT2D eigenvalue weighted by Gasteiger charge is 2.17. The fourth-order valence-corrected chi connectivity index (χ4v) is 3.45. The standard InChI is InChI=1S/C23H33N5O2/c1-28(21-9-14-29-15-10-21)13-16-30-22-7-4-5-19(17-22)18-27-23(24)26-12-8-20-6-2-3-11-25-20/h2-7,11,17,21H,8-10,12-16,18H2,1H3,(H3,24,26,27). The van der Waals surface area contributed by atoms with Crippen molar-refractivity contribution < 1.29 is 9.47 Å². The number of guanidine groups is 1.